The van der Waals surface area contributed by atoms with Gasteiger partial charge in [-0.2, -0.15) is 0 Å². The van der Waals surface area contributed by atoms with Crippen molar-refractivity contribution in [2.24, 2.45) is 5.73 Å². The molecule has 2 N–H and O–H groups in total. The standard InChI is InChI=1S/C15H24N2O2S/c1-17(9-10-20(2,18)19)15(12-16)8-7-13-5-3-4-6-14(13)11-15/h3-6H,7-12,16H2,1-2H3. The smallest absolute Gasteiger partial charge is 0.148 e. The van der Waals surface area contributed by atoms with Crippen molar-refractivity contribution in [2.75, 3.05) is 32.1 Å². The van der Waals surface area contributed by atoms with Gasteiger partial charge in [0.1, 0.15) is 9.84 Å². The quantitative estimate of drug-likeness (QED) is 0.875. The Bertz CT molecular complexity index is 571. The molecule has 0 aliphatic heterocycles. The van der Waals surface area contributed by atoms with Crippen LogP contribution in [0, 0.1) is 0 Å². The van der Waals surface area contributed by atoms with Gasteiger partial charge in [-0.05, 0) is 37.4 Å². The van der Waals surface area contributed by atoms with Gasteiger partial charge in [0.05, 0.1) is 5.75 Å². The van der Waals surface area contributed by atoms with E-state index in [1.807, 2.05) is 7.05 Å². The highest BCUT2D eigenvalue weighted by atomic mass is 32.2. The monoisotopic (exact) mass is 296 g/mol. The predicted octanol–water partition coefficient (Wildman–Crippen LogP) is 0.849. The summed E-state index contributed by atoms with van der Waals surface area (Å²) in [5.41, 5.74) is 8.67. The molecule has 0 spiro atoms. The Hall–Kier alpha value is -0.910. The van der Waals surface area contributed by atoms with Gasteiger partial charge in [-0.3, -0.25) is 4.90 Å². The summed E-state index contributed by atoms with van der Waals surface area (Å²) in [4.78, 5) is 2.14. The summed E-state index contributed by atoms with van der Waals surface area (Å²) in [6, 6.07) is 8.46. The van der Waals surface area contributed by atoms with E-state index < -0.39 is 9.84 Å². The molecular formula is C15H24N2O2S. The van der Waals surface area contributed by atoms with Crippen LogP contribution in [0.3, 0.4) is 0 Å². The van der Waals surface area contributed by atoms with E-state index in [9.17, 15) is 8.42 Å². The summed E-state index contributed by atoms with van der Waals surface area (Å²) in [6.45, 7) is 1.10. The van der Waals surface area contributed by atoms with Crippen molar-refractivity contribution in [2.45, 2.75) is 24.8 Å². The van der Waals surface area contributed by atoms with Gasteiger partial charge >= 0.3 is 0 Å². The van der Waals surface area contributed by atoms with E-state index in [1.165, 1.54) is 17.4 Å². The molecule has 1 aliphatic carbocycles. The molecule has 1 aromatic rings. The molecule has 0 saturated heterocycles. The van der Waals surface area contributed by atoms with Gasteiger partial charge in [-0.15, -0.1) is 0 Å². The Labute approximate surface area is 121 Å². The minimum absolute atomic E-state index is 0.112. The number of likely N-dealkylation sites (N-methyl/N-ethyl adjacent to an activating group) is 1. The molecule has 1 unspecified atom stereocenters. The molecule has 1 atom stereocenters. The first-order valence-corrected chi connectivity index (χ1v) is 9.08. The Morgan fingerprint density at radius 3 is 2.55 bits per heavy atom. The Kier molecular flexibility index (Phi) is 4.52. The second-order valence-electron chi connectivity index (χ2n) is 5.93. The first kappa shape index (κ1) is 15.5. The van der Waals surface area contributed by atoms with Crippen molar-refractivity contribution >= 4 is 9.84 Å². The zero-order valence-corrected chi connectivity index (χ0v) is 13.1. The molecule has 0 fully saturated rings. The lowest BCUT2D eigenvalue weighted by molar-refractivity contribution is 0.116. The topological polar surface area (TPSA) is 63.4 Å². The third-order valence-corrected chi connectivity index (χ3v) is 5.41. The highest BCUT2D eigenvalue weighted by Gasteiger charge is 2.36. The lowest BCUT2D eigenvalue weighted by Gasteiger charge is -2.44. The third-order valence-electron chi connectivity index (χ3n) is 4.48. The van der Waals surface area contributed by atoms with Crippen LogP contribution >= 0.6 is 0 Å². The number of sulfone groups is 1. The number of hydrogen-bond donors (Lipinski definition) is 1. The van der Waals surface area contributed by atoms with E-state index in [0.29, 0.717) is 13.1 Å². The van der Waals surface area contributed by atoms with Gasteiger partial charge in [0, 0.05) is 24.9 Å². The highest BCUT2D eigenvalue weighted by molar-refractivity contribution is 7.90. The Morgan fingerprint density at radius 1 is 1.30 bits per heavy atom. The van der Waals surface area contributed by atoms with Crippen molar-refractivity contribution in [3.8, 4) is 0 Å². The molecule has 0 amide bonds. The van der Waals surface area contributed by atoms with E-state index in [4.69, 9.17) is 5.73 Å². The average molecular weight is 296 g/mol. The summed E-state index contributed by atoms with van der Waals surface area (Å²) >= 11 is 0. The van der Waals surface area contributed by atoms with Crippen LogP contribution in [0.15, 0.2) is 24.3 Å². The molecular weight excluding hydrogens is 272 g/mol. The summed E-state index contributed by atoms with van der Waals surface area (Å²) in [7, 11) is -0.944. The van der Waals surface area contributed by atoms with Crippen molar-refractivity contribution in [1.29, 1.82) is 0 Å². The lowest BCUT2D eigenvalue weighted by Crippen LogP contribution is -2.56. The average Bonchev–Trinajstić information content (AvgIpc) is 2.43. The van der Waals surface area contributed by atoms with Gasteiger partial charge in [-0.1, -0.05) is 24.3 Å². The van der Waals surface area contributed by atoms with Crippen LogP contribution in [0.2, 0.25) is 0 Å². The summed E-state index contributed by atoms with van der Waals surface area (Å²) in [5.74, 6) is 0.187. The molecule has 0 bridgehead atoms. The van der Waals surface area contributed by atoms with Crippen molar-refractivity contribution < 1.29 is 8.42 Å². The van der Waals surface area contributed by atoms with Crippen molar-refractivity contribution in [3.63, 3.8) is 0 Å². The molecule has 0 aromatic heterocycles. The minimum atomic E-state index is -2.94. The number of fused-ring (bicyclic) bond motifs is 1. The van der Waals surface area contributed by atoms with Gasteiger partial charge in [-0.25, -0.2) is 8.42 Å². The second-order valence-corrected chi connectivity index (χ2v) is 8.19. The van der Waals surface area contributed by atoms with E-state index in [2.05, 4.69) is 29.2 Å². The Morgan fingerprint density at radius 2 is 1.95 bits per heavy atom. The van der Waals surface area contributed by atoms with E-state index in [-0.39, 0.29) is 11.3 Å². The van der Waals surface area contributed by atoms with Crippen LogP contribution in [0.1, 0.15) is 17.5 Å². The molecule has 0 saturated carbocycles. The lowest BCUT2D eigenvalue weighted by atomic mass is 9.77. The largest absolute Gasteiger partial charge is 0.329 e. The SMILES string of the molecule is CN(CCS(C)(=O)=O)C1(CN)CCc2ccccc2C1. The fourth-order valence-corrected chi connectivity index (χ4v) is 3.59. The first-order valence-electron chi connectivity index (χ1n) is 7.02. The zero-order chi connectivity index (χ0) is 14.8. The molecule has 4 nitrogen and oxygen atoms in total. The van der Waals surface area contributed by atoms with Crippen LogP contribution in [0.4, 0.5) is 0 Å². The van der Waals surface area contributed by atoms with E-state index >= 15 is 0 Å². The molecule has 1 aromatic carbocycles. The minimum Gasteiger partial charge on any atom is -0.329 e. The molecule has 20 heavy (non-hydrogen) atoms. The van der Waals surface area contributed by atoms with Crippen LogP contribution in [-0.4, -0.2) is 51.0 Å². The van der Waals surface area contributed by atoms with Crippen LogP contribution in [0.5, 0.6) is 0 Å². The van der Waals surface area contributed by atoms with Crippen LogP contribution in [0.25, 0.3) is 0 Å². The molecule has 1 aliphatic rings. The van der Waals surface area contributed by atoms with E-state index in [1.54, 1.807) is 0 Å². The number of nitrogens with two attached hydrogens (primary N) is 1. The third kappa shape index (κ3) is 3.40. The fraction of sp³-hybridized carbons (Fsp3) is 0.600. The van der Waals surface area contributed by atoms with Crippen molar-refractivity contribution in [1.82, 2.24) is 4.90 Å². The molecule has 112 valence electrons. The van der Waals surface area contributed by atoms with Gasteiger partial charge in [0.2, 0.25) is 0 Å². The number of benzene rings is 1. The zero-order valence-electron chi connectivity index (χ0n) is 12.3. The van der Waals surface area contributed by atoms with E-state index in [0.717, 1.165) is 19.3 Å². The van der Waals surface area contributed by atoms with Crippen LogP contribution < -0.4 is 5.73 Å². The maximum atomic E-state index is 11.4. The number of rotatable bonds is 5. The summed E-state index contributed by atoms with van der Waals surface area (Å²) < 4.78 is 22.7. The fourth-order valence-electron chi connectivity index (χ4n) is 2.98. The molecule has 0 heterocycles. The number of hydrogen-bond acceptors (Lipinski definition) is 4. The molecule has 5 heteroatoms. The summed E-state index contributed by atoms with van der Waals surface area (Å²) in [6.07, 6.45) is 4.18. The molecule has 2 rings (SSSR count). The predicted molar refractivity (Wildman–Crippen MR) is 82.6 cm³/mol. The maximum Gasteiger partial charge on any atom is 0.148 e. The van der Waals surface area contributed by atoms with Gasteiger partial charge < -0.3 is 5.73 Å². The normalized spacial score (nSPS) is 22.8. The number of aryl methyl sites for hydroxylation is 1. The summed E-state index contributed by atoms with van der Waals surface area (Å²) in [5, 5.41) is 0. The highest BCUT2D eigenvalue weighted by Crippen LogP contribution is 2.32. The number of nitrogens with zero attached hydrogens (tertiary/aromatic N) is 1. The Balaban J connectivity index is 2.15. The van der Waals surface area contributed by atoms with Gasteiger partial charge in [0.15, 0.2) is 0 Å². The van der Waals surface area contributed by atoms with Crippen LogP contribution in [-0.2, 0) is 22.7 Å². The molecule has 0 radical (unpaired) electrons. The van der Waals surface area contributed by atoms with Crippen molar-refractivity contribution in [3.05, 3.63) is 35.4 Å². The second kappa shape index (κ2) is 5.84. The first-order chi connectivity index (χ1) is 9.36. The maximum absolute atomic E-state index is 11.4. The van der Waals surface area contributed by atoms with Gasteiger partial charge in [0.25, 0.3) is 0 Å².